The molecule has 0 rings (SSSR count). The number of carboxylic acids is 1. The summed E-state index contributed by atoms with van der Waals surface area (Å²) in [5, 5.41) is 8.47. The summed E-state index contributed by atoms with van der Waals surface area (Å²) in [5.41, 5.74) is 0.423. The minimum Gasteiger partial charge on any atom is -0.478 e. The molecule has 0 atom stereocenters. The lowest BCUT2D eigenvalue weighted by Gasteiger charge is -2.05. The van der Waals surface area contributed by atoms with Crippen molar-refractivity contribution >= 4 is 16.4 Å². The second kappa shape index (κ2) is 11.8. The van der Waals surface area contributed by atoms with Crippen LogP contribution in [0.4, 0.5) is 0 Å². The van der Waals surface area contributed by atoms with E-state index in [0.29, 0.717) is 5.57 Å². The molecule has 20 heavy (non-hydrogen) atoms. The minimum absolute atomic E-state index is 0.113. The largest absolute Gasteiger partial charge is 0.478 e. The van der Waals surface area contributed by atoms with Crippen molar-refractivity contribution in [1.29, 1.82) is 0 Å². The van der Waals surface area contributed by atoms with Crippen LogP contribution >= 0.6 is 0 Å². The van der Waals surface area contributed by atoms with Gasteiger partial charge in [-0.05, 0) is 41.3 Å². The van der Waals surface area contributed by atoms with Gasteiger partial charge in [-0.2, -0.15) is 8.42 Å². The normalized spacial score (nSPS) is 12.0. The summed E-state index contributed by atoms with van der Waals surface area (Å²) in [6.07, 6.45) is 2.54. The van der Waals surface area contributed by atoms with Crippen molar-refractivity contribution in [1.82, 2.24) is 4.90 Å². The number of nitrogens with zero attached hydrogens (tertiary/aromatic N) is 1. The van der Waals surface area contributed by atoms with E-state index in [1.54, 1.807) is 26.8 Å². The highest BCUT2D eigenvalue weighted by Gasteiger charge is 2.06. The fraction of sp³-hybridized carbons (Fsp3) is 0.750. The number of hydrogen-bond donors (Lipinski definition) is 1. The average molecular weight is 311 g/mol. The van der Waals surface area contributed by atoms with Crippen molar-refractivity contribution in [3.05, 3.63) is 11.6 Å². The van der Waals surface area contributed by atoms with Crippen LogP contribution in [-0.4, -0.2) is 58.2 Å². The van der Waals surface area contributed by atoms with Crippen molar-refractivity contribution < 1.29 is 26.7 Å². The third-order valence-corrected chi connectivity index (χ3v) is 2.94. The van der Waals surface area contributed by atoms with Gasteiger partial charge in [0.2, 0.25) is 0 Å². The van der Waals surface area contributed by atoms with Crippen molar-refractivity contribution in [2.45, 2.75) is 27.2 Å². The Bertz CT molecular complexity index is 377. The molecule has 7 nitrogen and oxygen atoms in total. The molecule has 0 radical (unpaired) electrons. The second-order valence-corrected chi connectivity index (χ2v) is 5.29. The Kier molecular flexibility index (Phi) is 12.6. The molecule has 0 unspecified atom stereocenters. The number of aliphatic carboxylic acids is 1. The number of hydrogen-bond acceptors (Lipinski definition) is 6. The maximum absolute atomic E-state index is 10.4. The van der Waals surface area contributed by atoms with E-state index < -0.39 is 16.4 Å². The van der Waals surface area contributed by atoms with Crippen molar-refractivity contribution in [2.24, 2.45) is 0 Å². The van der Waals surface area contributed by atoms with Gasteiger partial charge in [0, 0.05) is 12.1 Å². The van der Waals surface area contributed by atoms with Gasteiger partial charge >= 0.3 is 16.4 Å². The van der Waals surface area contributed by atoms with Crippen LogP contribution in [-0.2, 0) is 23.6 Å². The monoisotopic (exact) mass is 311 g/mol. The van der Waals surface area contributed by atoms with E-state index in [4.69, 9.17) is 5.11 Å². The maximum atomic E-state index is 10.4. The molecule has 120 valence electrons. The highest BCUT2D eigenvalue weighted by atomic mass is 32.3. The first-order chi connectivity index (χ1) is 9.16. The number of carboxylic acid groups (broad SMARTS) is 1. The molecule has 8 heteroatoms. The van der Waals surface area contributed by atoms with E-state index in [0.717, 1.165) is 13.0 Å². The van der Waals surface area contributed by atoms with Crippen molar-refractivity contribution in [3.8, 4) is 0 Å². The SMILES string of the molecule is CC(=CCCN(C)C)C(=O)O.CCOS(=O)(=O)OCC. The van der Waals surface area contributed by atoms with Gasteiger partial charge in [0.25, 0.3) is 0 Å². The van der Waals surface area contributed by atoms with E-state index in [1.165, 1.54) is 0 Å². The molecule has 0 saturated heterocycles. The lowest BCUT2D eigenvalue weighted by molar-refractivity contribution is -0.132. The zero-order valence-corrected chi connectivity index (χ0v) is 13.6. The summed E-state index contributed by atoms with van der Waals surface area (Å²) >= 11 is 0. The van der Waals surface area contributed by atoms with Crippen LogP contribution < -0.4 is 0 Å². The van der Waals surface area contributed by atoms with Crippen LogP contribution in [0.5, 0.6) is 0 Å². The molecule has 0 aliphatic carbocycles. The molecule has 1 N–H and O–H groups in total. The summed E-state index contributed by atoms with van der Waals surface area (Å²) in [7, 11) is 0.243. The van der Waals surface area contributed by atoms with E-state index in [-0.39, 0.29) is 13.2 Å². The Balaban J connectivity index is 0. The first kappa shape index (κ1) is 21.3. The number of carbonyl (C=O) groups is 1. The Labute approximate surface area is 121 Å². The average Bonchev–Trinajstić information content (AvgIpc) is 2.28. The van der Waals surface area contributed by atoms with E-state index in [1.807, 2.05) is 19.0 Å². The Morgan fingerprint density at radius 3 is 1.95 bits per heavy atom. The predicted molar refractivity (Wildman–Crippen MR) is 76.7 cm³/mol. The van der Waals surface area contributed by atoms with Gasteiger partial charge in [0.15, 0.2) is 0 Å². The highest BCUT2D eigenvalue weighted by Crippen LogP contribution is 1.95. The van der Waals surface area contributed by atoms with Gasteiger partial charge in [-0.25, -0.2) is 13.2 Å². The van der Waals surface area contributed by atoms with Crippen LogP contribution in [0, 0.1) is 0 Å². The lowest BCUT2D eigenvalue weighted by atomic mass is 10.2. The quantitative estimate of drug-likeness (QED) is 0.675. The third kappa shape index (κ3) is 15.1. The van der Waals surface area contributed by atoms with E-state index >= 15 is 0 Å². The van der Waals surface area contributed by atoms with Crippen LogP contribution in [0.1, 0.15) is 27.2 Å². The molecule has 0 fully saturated rings. The van der Waals surface area contributed by atoms with Crippen LogP contribution in [0.2, 0.25) is 0 Å². The van der Waals surface area contributed by atoms with E-state index in [2.05, 4.69) is 8.37 Å². The Hall–Kier alpha value is -0.960. The van der Waals surface area contributed by atoms with Crippen LogP contribution in [0.3, 0.4) is 0 Å². The summed E-state index contributed by atoms with van der Waals surface area (Å²) < 4.78 is 29.2. The molecule has 0 aliphatic heterocycles. The standard InChI is InChI=1S/C8H15NO2.C4H10O4S/c1-7(8(10)11)5-4-6-9(2)3;1-3-7-9(5,6)8-4-2/h5H,4,6H2,1-3H3,(H,10,11);3-4H2,1-2H3. The Morgan fingerprint density at radius 2 is 1.65 bits per heavy atom. The van der Waals surface area contributed by atoms with Gasteiger partial charge in [0.05, 0.1) is 13.2 Å². The van der Waals surface area contributed by atoms with Gasteiger partial charge in [-0.3, -0.25) is 0 Å². The molecule has 0 amide bonds. The molecule has 0 aromatic carbocycles. The molecular formula is C12H25NO6S. The minimum atomic E-state index is -3.68. The smallest absolute Gasteiger partial charge is 0.399 e. The summed E-state index contributed by atoms with van der Waals surface area (Å²) in [5.74, 6) is -0.830. The van der Waals surface area contributed by atoms with Crippen LogP contribution in [0.15, 0.2) is 11.6 Å². The van der Waals surface area contributed by atoms with E-state index in [9.17, 15) is 13.2 Å². The molecule has 0 bridgehead atoms. The molecule has 0 spiro atoms. The molecule has 0 saturated carbocycles. The summed E-state index contributed by atoms with van der Waals surface area (Å²) in [4.78, 5) is 12.3. The molecule has 0 heterocycles. The topological polar surface area (TPSA) is 93.1 Å². The zero-order chi connectivity index (χ0) is 16.2. The van der Waals surface area contributed by atoms with Gasteiger partial charge in [-0.1, -0.05) is 6.08 Å². The lowest BCUT2D eigenvalue weighted by Crippen LogP contribution is -2.12. The fourth-order valence-corrected chi connectivity index (χ4v) is 1.59. The van der Waals surface area contributed by atoms with Crippen molar-refractivity contribution in [3.63, 3.8) is 0 Å². The van der Waals surface area contributed by atoms with Crippen molar-refractivity contribution in [2.75, 3.05) is 33.9 Å². The summed E-state index contributed by atoms with van der Waals surface area (Å²) in [6, 6.07) is 0. The maximum Gasteiger partial charge on any atom is 0.399 e. The molecule has 0 aromatic rings. The van der Waals surface area contributed by atoms with Gasteiger partial charge < -0.3 is 10.0 Å². The second-order valence-electron chi connectivity index (χ2n) is 4.01. The van der Waals surface area contributed by atoms with Gasteiger partial charge in [0.1, 0.15) is 0 Å². The van der Waals surface area contributed by atoms with Crippen LogP contribution in [0.25, 0.3) is 0 Å². The molecule has 0 aromatic heterocycles. The first-order valence-corrected chi connectivity index (χ1v) is 7.58. The Morgan fingerprint density at radius 1 is 1.20 bits per heavy atom. The first-order valence-electron chi connectivity index (χ1n) is 6.24. The van der Waals surface area contributed by atoms with Gasteiger partial charge in [-0.15, -0.1) is 0 Å². The highest BCUT2D eigenvalue weighted by molar-refractivity contribution is 7.81. The predicted octanol–water partition coefficient (Wildman–Crippen LogP) is 1.27. The summed E-state index contributed by atoms with van der Waals surface area (Å²) in [6.45, 7) is 5.89. The molecular weight excluding hydrogens is 286 g/mol. The number of rotatable bonds is 8. The molecule has 0 aliphatic rings. The third-order valence-electron chi connectivity index (χ3n) is 1.89. The fourth-order valence-electron chi connectivity index (χ4n) is 0.949. The zero-order valence-electron chi connectivity index (χ0n) is 12.7.